The molecule has 0 spiro atoms. The summed E-state index contributed by atoms with van der Waals surface area (Å²) in [5.74, 6) is 1.41. The third kappa shape index (κ3) is 2.76. The van der Waals surface area contributed by atoms with Crippen molar-refractivity contribution in [1.82, 2.24) is 9.55 Å². The topological polar surface area (TPSA) is 17.8 Å². The van der Waals surface area contributed by atoms with Crippen LogP contribution in [0.25, 0.3) is 11.0 Å². The van der Waals surface area contributed by atoms with E-state index in [2.05, 4.69) is 37.2 Å². The highest BCUT2D eigenvalue weighted by molar-refractivity contribution is 6.16. The molecule has 4 heteroatoms. The van der Waals surface area contributed by atoms with E-state index in [9.17, 15) is 4.39 Å². The Labute approximate surface area is 118 Å². The second kappa shape index (κ2) is 5.12. The van der Waals surface area contributed by atoms with Crippen molar-refractivity contribution in [3.05, 3.63) is 29.8 Å². The molecule has 0 unspecified atom stereocenters. The molecule has 0 N–H and O–H groups in total. The standard InChI is InChI=1S/C15H20ClFN2/c1-10(2)15(3,4)9-19-13-6-5-11(17)7-12(13)18-14(19)8-16/h5-7,10H,8-9H2,1-4H3. The molecule has 0 aliphatic carbocycles. The second-order valence-corrected chi connectivity index (χ2v) is 6.29. The highest BCUT2D eigenvalue weighted by Gasteiger charge is 2.25. The zero-order valence-corrected chi connectivity index (χ0v) is 12.6. The number of aromatic nitrogens is 2. The molecule has 0 bridgehead atoms. The second-order valence-electron chi connectivity index (χ2n) is 6.02. The Balaban J connectivity index is 2.52. The first-order chi connectivity index (χ1) is 8.85. The minimum absolute atomic E-state index is 0.128. The molecule has 1 aromatic heterocycles. The molecule has 1 heterocycles. The molecule has 0 aliphatic heterocycles. The lowest BCUT2D eigenvalue weighted by atomic mass is 9.81. The van der Waals surface area contributed by atoms with Crippen LogP contribution in [0.2, 0.25) is 0 Å². The largest absolute Gasteiger partial charge is 0.326 e. The molecule has 2 rings (SSSR count). The van der Waals surface area contributed by atoms with Crippen molar-refractivity contribution < 1.29 is 4.39 Å². The van der Waals surface area contributed by atoms with Gasteiger partial charge in [0.05, 0.1) is 16.9 Å². The van der Waals surface area contributed by atoms with E-state index in [1.807, 2.05) is 0 Å². The van der Waals surface area contributed by atoms with Crippen molar-refractivity contribution in [2.24, 2.45) is 11.3 Å². The number of rotatable bonds is 4. The summed E-state index contributed by atoms with van der Waals surface area (Å²) in [6.07, 6.45) is 0. The lowest BCUT2D eigenvalue weighted by Crippen LogP contribution is -2.26. The number of benzene rings is 1. The molecular formula is C15H20ClFN2. The monoisotopic (exact) mass is 282 g/mol. The predicted octanol–water partition coefficient (Wildman–Crippen LogP) is 4.60. The predicted molar refractivity (Wildman–Crippen MR) is 77.9 cm³/mol. The van der Waals surface area contributed by atoms with E-state index in [1.54, 1.807) is 6.07 Å². The number of imidazole rings is 1. The van der Waals surface area contributed by atoms with Gasteiger partial charge in [-0.25, -0.2) is 9.37 Å². The molecule has 1 aromatic carbocycles. The maximum Gasteiger partial charge on any atom is 0.125 e. The lowest BCUT2D eigenvalue weighted by Gasteiger charge is -2.30. The Morgan fingerprint density at radius 3 is 2.63 bits per heavy atom. The summed E-state index contributed by atoms with van der Waals surface area (Å²) >= 11 is 5.97. The molecule has 0 radical (unpaired) electrons. The van der Waals surface area contributed by atoms with Gasteiger partial charge in [0.25, 0.3) is 0 Å². The van der Waals surface area contributed by atoms with Gasteiger partial charge in [0.2, 0.25) is 0 Å². The molecule has 0 atom stereocenters. The highest BCUT2D eigenvalue weighted by atomic mass is 35.5. The van der Waals surface area contributed by atoms with Gasteiger partial charge in [0.1, 0.15) is 11.6 Å². The molecule has 0 aliphatic rings. The third-order valence-electron chi connectivity index (χ3n) is 4.04. The number of halogens is 2. The first kappa shape index (κ1) is 14.3. The molecule has 2 nitrogen and oxygen atoms in total. The molecule has 0 saturated heterocycles. The SMILES string of the molecule is CC(C)C(C)(C)Cn1c(CCl)nc2cc(F)ccc21. The van der Waals surface area contributed by atoms with Gasteiger partial charge >= 0.3 is 0 Å². The van der Waals surface area contributed by atoms with E-state index >= 15 is 0 Å². The maximum atomic E-state index is 13.3. The van der Waals surface area contributed by atoms with Crippen LogP contribution in [0.3, 0.4) is 0 Å². The Kier molecular flexibility index (Phi) is 3.86. The fraction of sp³-hybridized carbons (Fsp3) is 0.533. The van der Waals surface area contributed by atoms with Gasteiger partial charge in [-0.1, -0.05) is 27.7 Å². The highest BCUT2D eigenvalue weighted by Crippen LogP contribution is 2.31. The molecule has 2 aromatic rings. The lowest BCUT2D eigenvalue weighted by molar-refractivity contribution is 0.211. The summed E-state index contributed by atoms with van der Waals surface area (Å²) < 4.78 is 15.4. The van der Waals surface area contributed by atoms with Crippen LogP contribution in [-0.4, -0.2) is 9.55 Å². The Morgan fingerprint density at radius 1 is 1.37 bits per heavy atom. The number of nitrogens with zero attached hydrogens (tertiary/aromatic N) is 2. The summed E-state index contributed by atoms with van der Waals surface area (Å²) in [6.45, 7) is 9.70. The van der Waals surface area contributed by atoms with E-state index in [0.29, 0.717) is 17.3 Å². The zero-order chi connectivity index (χ0) is 14.2. The van der Waals surface area contributed by atoms with Gasteiger partial charge in [-0.3, -0.25) is 0 Å². The fourth-order valence-corrected chi connectivity index (χ4v) is 2.23. The van der Waals surface area contributed by atoms with Crippen LogP contribution in [0.4, 0.5) is 4.39 Å². The van der Waals surface area contributed by atoms with E-state index in [1.165, 1.54) is 12.1 Å². The van der Waals surface area contributed by atoms with E-state index in [4.69, 9.17) is 11.6 Å². The minimum atomic E-state index is -0.263. The van der Waals surface area contributed by atoms with Crippen LogP contribution in [0.1, 0.15) is 33.5 Å². The number of alkyl halides is 1. The van der Waals surface area contributed by atoms with Gasteiger partial charge in [0.15, 0.2) is 0 Å². The quantitative estimate of drug-likeness (QED) is 0.750. The first-order valence-corrected chi connectivity index (χ1v) is 7.09. The van der Waals surface area contributed by atoms with Crippen LogP contribution in [-0.2, 0) is 12.4 Å². The van der Waals surface area contributed by atoms with Gasteiger partial charge in [0, 0.05) is 12.6 Å². The summed E-state index contributed by atoms with van der Waals surface area (Å²) in [5, 5.41) is 0. The maximum absolute atomic E-state index is 13.3. The van der Waals surface area contributed by atoms with Crippen molar-refractivity contribution in [1.29, 1.82) is 0 Å². The molecule has 19 heavy (non-hydrogen) atoms. The molecule has 0 saturated carbocycles. The van der Waals surface area contributed by atoms with Crippen molar-refractivity contribution in [3.63, 3.8) is 0 Å². The summed E-state index contributed by atoms with van der Waals surface area (Å²) in [7, 11) is 0. The van der Waals surface area contributed by atoms with Crippen LogP contribution in [0.15, 0.2) is 18.2 Å². The number of hydrogen-bond donors (Lipinski definition) is 0. The average Bonchev–Trinajstić information content (AvgIpc) is 2.65. The first-order valence-electron chi connectivity index (χ1n) is 6.56. The molecule has 0 fully saturated rings. The fourth-order valence-electron chi connectivity index (χ4n) is 2.02. The van der Waals surface area contributed by atoms with Crippen LogP contribution >= 0.6 is 11.6 Å². The van der Waals surface area contributed by atoms with E-state index < -0.39 is 0 Å². The molecule has 104 valence electrons. The van der Waals surface area contributed by atoms with Gasteiger partial charge in [-0.2, -0.15) is 0 Å². The van der Waals surface area contributed by atoms with Crippen molar-refractivity contribution in [2.45, 2.75) is 40.1 Å². The van der Waals surface area contributed by atoms with E-state index in [0.717, 1.165) is 17.9 Å². The van der Waals surface area contributed by atoms with Crippen molar-refractivity contribution >= 4 is 22.6 Å². The average molecular weight is 283 g/mol. The van der Waals surface area contributed by atoms with Crippen LogP contribution < -0.4 is 0 Å². The Morgan fingerprint density at radius 2 is 2.05 bits per heavy atom. The van der Waals surface area contributed by atoms with Gasteiger partial charge in [-0.15, -0.1) is 11.6 Å². The third-order valence-corrected chi connectivity index (χ3v) is 4.28. The number of hydrogen-bond acceptors (Lipinski definition) is 1. The summed E-state index contributed by atoms with van der Waals surface area (Å²) in [4.78, 5) is 4.43. The minimum Gasteiger partial charge on any atom is -0.326 e. The molecular weight excluding hydrogens is 263 g/mol. The number of fused-ring (bicyclic) bond motifs is 1. The van der Waals surface area contributed by atoms with Gasteiger partial charge in [-0.05, 0) is 23.5 Å². The van der Waals surface area contributed by atoms with Crippen molar-refractivity contribution in [3.8, 4) is 0 Å². The summed E-state index contributed by atoms with van der Waals surface area (Å²) in [5.41, 5.74) is 1.75. The van der Waals surface area contributed by atoms with Crippen LogP contribution in [0, 0.1) is 17.2 Å². The Bertz CT molecular complexity index is 587. The Hall–Kier alpha value is -1.09. The smallest absolute Gasteiger partial charge is 0.125 e. The zero-order valence-electron chi connectivity index (χ0n) is 11.9. The van der Waals surface area contributed by atoms with Gasteiger partial charge < -0.3 is 4.57 Å². The summed E-state index contributed by atoms with van der Waals surface area (Å²) in [6, 6.07) is 4.72. The van der Waals surface area contributed by atoms with Crippen LogP contribution in [0.5, 0.6) is 0 Å². The normalized spacial score (nSPS) is 12.6. The van der Waals surface area contributed by atoms with E-state index in [-0.39, 0.29) is 11.2 Å². The van der Waals surface area contributed by atoms with Crippen molar-refractivity contribution in [2.75, 3.05) is 0 Å². The molecule has 0 amide bonds.